The summed E-state index contributed by atoms with van der Waals surface area (Å²) in [6.45, 7) is 8.31. The minimum Gasteiger partial charge on any atom is -0.465 e. The molecule has 1 aromatic rings. The van der Waals surface area contributed by atoms with Gasteiger partial charge in [0, 0.05) is 11.3 Å². The van der Waals surface area contributed by atoms with Crippen molar-refractivity contribution in [2.24, 2.45) is 0 Å². The smallest absolute Gasteiger partial charge is 0.326 e. The second-order valence-electron chi connectivity index (χ2n) is 5.69. The van der Waals surface area contributed by atoms with E-state index in [1.165, 1.54) is 11.5 Å². The van der Waals surface area contributed by atoms with E-state index in [-0.39, 0.29) is 12.0 Å². The average Bonchev–Trinajstić information content (AvgIpc) is 2.97. The largest absolute Gasteiger partial charge is 0.465 e. The number of thioether (sulfide) groups is 1. The van der Waals surface area contributed by atoms with E-state index in [4.69, 9.17) is 4.74 Å². The van der Waals surface area contributed by atoms with Crippen molar-refractivity contribution in [2.45, 2.75) is 68.1 Å². The van der Waals surface area contributed by atoms with Crippen LogP contribution in [-0.2, 0) is 9.53 Å². The molecule has 7 heteroatoms. The Morgan fingerprint density at radius 2 is 2.38 bits per heavy atom. The Bertz CT molecular complexity index is 492. The maximum atomic E-state index is 12.4. The highest BCUT2D eigenvalue weighted by Gasteiger charge is 2.47. The number of hydrogen-bond donors (Lipinski definition) is 1. The maximum absolute atomic E-state index is 12.4. The number of ether oxygens (including phenoxy) is 1. The Kier molecular flexibility index (Phi) is 5.62. The van der Waals surface area contributed by atoms with Gasteiger partial charge in [-0.2, -0.15) is 4.37 Å². The van der Waals surface area contributed by atoms with E-state index in [0.29, 0.717) is 11.9 Å². The van der Waals surface area contributed by atoms with Crippen LogP contribution >= 0.6 is 23.3 Å². The maximum Gasteiger partial charge on any atom is 0.326 e. The molecule has 0 amide bonds. The Labute approximate surface area is 134 Å². The minimum absolute atomic E-state index is 0.116. The molecule has 1 aliphatic rings. The molecule has 0 spiro atoms. The third kappa shape index (κ3) is 4.17. The van der Waals surface area contributed by atoms with Crippen molar-refractivity contribution in [3.63, 3.8) is 0 Å². The van der Waals surface area contributed by atoms with Gasteiger partial charge in [0.2, 0.25) is 0 Å². The van der Waals surface area contributed by atoms with Gasteiger partial charge in [-0.05, 0) is 58.5 Å². The van der Waals surface area contributed by atoms with Crippen molar-refractivity contribution in [2.75, 3.05) is 6.61 Å². The van der Waals surface area contributed by atoms with Crippen LogP contribution in [0.4, 0.5) is 0 Å². The Morgan fingerprint density at radius 1 is 1.62 bits per heavy atom. The van der Waals surface area contributed by atoms with Gasteiger partial charge in [-0.25, -0.2) is 4.98 Å². The lowest BCUT2D eigenvalue weighted by molar-refractivity contribution is -0.151. The molecule has 0 bridgehead atoms. The number of carbonyl (C=O) groups excluding carboxylic acids is 1. The summed E-state index contributed by atoms with van der Waals surface area (Å²) in [5.74, 6) is 0.702. The first-order valence-corrected chi connectivity index (χ1v) is 9.02. The Morgan fingerprint density at radius 3 is 2.95 bits per heavy atom. The SMILES string of the molecule is CCOC(=O)C1(NC(C)C)CCC(Sc2nc(C)ns2)C1. The summed E-state index contributed by atoms with van der Waals surface area (Å²) >= 11 is 3.17. The first-order chi connectivity index (χ1) is 9.95. The van der Waals surface area contributed by atoms with E-state index in [0.717, 1.165) is 29.4 Å². The number of rotatable bonds is 6. The van der Waals surface area contributed by atoms with E-state index in [1.807, 2.05) is 13.8 Å². The Hall–Kier alpha value is -0.660. The summed E-state index contributed by atoms with van der Waals surface area (Å²) in [5.41, 5.74) is -0.540. The highest BCUT2D eigenvalue weighted by atomic mass is 32.2. The van der Waals surface area contributed by atoms with Gasteiger partial charge in [-0.3, -0.25) is 10.1 Å². The van der Waals surface area contributed by atoms with Crippen LogP contribution in [0.25, 0.3) is 0 Å². The molecule has 0 aliphatic heterocycles. The van der Waals surface area contributed by atoms with E-state index in [9.17, 15) is 4.79 Å². The summed E-state index contributed by atoms with van der Waals surface area (Å²) in [7, 11) is 0. The van der Waals surface area contributed by atoms with Gasteiger partial charge in [0.1, 0.15) is 11.4 Å². The van der Waals surface area contributed by atoms with Gasteiger partial charge in [-0.1, -0.05) is 11.8 Å². The van der Waals surface area contributed by atoms with Crippen LogP contribution in [0.2, 0.25) is 0 Å². The lowest BCUT2D eigenvalue weighted by Gasteiger charge is -2.30. The van der Waals surface area contributed by atoms with Crippen LogP contribution < -0.4 is 5.32 Å². The summed E-state index contributed by atoms with van der Waals surface area (Å²) in [4.78, 5) is 16.8. The molecule has 21 heavy (non-hydrogen) atoms. The van der Waals surface area contributed by atoms with Crippen LogP contribution in [0.5, 0.6) is 0 Å². The van der Waals surface area contributed by atoms with Crippen molar-refractivity contribution < 1.29 is 9.53 Å². The lowest BCUT2D eigenvalue weighted by Crippen LogP contribution is -2.54. The molecule has 1 aliphatic carbocycles. The quantitative estimate of drug-likeness (QED) is 0.810. The van der Waals surface area contributed by atoms with Gasteiger partial charge >= 0.3 is 5.97 Å². The summed E-state index contributed by atoms with van der Waals surface area (Å²) in [5, 5.41) is 3.82. The van der Waals surface area contributed by atoms with Gasteiger partial charge in [0.15, 0.2) is 4.34 Å². The monoisotopic (exact) mass is 329 g/mol. The van der Waals surface area contributed by atoms with E-state index in [2.05, 4.69) is 28.5 Å². The van der Waals surface area contributed by atoms with Crippen LogP contribution in [0.3, 0.4) is 0 Å². The molecule has 0 radical (unpaired) electrons. The van der Waals surface area contributed by atoms with E-state index in [1.54, 1.807) is 11.8 Å². The Balaban J connectivity index is 2.05. The summed E-state index contributed by atoms with van der Waals surface area (Å²) in [6.07, 6.45) is 2.59. The zero-order valence-electron chi connectivity index (χ0n) is 13.0. The van der Waals surface area contributed by atoms with Crippen LogP contribution in [0, 0.1) is 6.92 Å². The lowest BCUT2D eigenvalue weighted by atomic mass is 9.96. The van der Waals surface area contributed by atoms with Gasteiger partial charge in [0.05, 0.1) is 6.61 Å². The van der Waals surface area contributed by atoms with Crippen molar-refractivity contribution >= 4 is 29.3 Å². The number of hydrogen-bond acceptors (Lipinski definition) is 7. The van der Waals surface area contributed by atoms with Crippen molar-refractivity contribution in [3.05, 3.63) is 5.82 Å². The molecular formula is C14H23N3O2S2. The highest BCUT2D eigenvalue weighted by Crippen LogP contribution is 2.41. The normalized spacial score (nSPS) is 25.5. The number of carbonyl (C=O) groups is 1. The fourth-order valence-electron chi connectivity index (χ4n) is 2.77. The molecule has 2 unspecified atom stereocenters. The fourth-order valence-corrected chi connectivity index (χ4v) is 4.96. The van der Waals surface area contributed by atoms with Gasteiger partial charge in [-0.15, -0.1) is 0 Å². The number of nitrogens with one attached hydrogen (secondary N) is 1. The first-order valence-electron chi connectivity index (χ1n) is 7.37. The van der Waals surface area contributed by atoms with Crippen LogP contribution in [-0.4, -0.2) is 38.8 Å². The molecule has 1 N–H and O–H groups in total. The second kappa shape index (κ2) is 7.07. The average molecular weight is 329 g/mol. The zero-order valence-corrected chi connectivity index (χ0v) is 14.6. The minimum atomic E-state index is -0.540. The molecule has 118 valence electrons. The molecule has 2 atom stereocenters. The molecule has 1 saturated carbocycles. The molecule has 0 aromatic carbocycles. The number of aryl methyl sites for hydroxylation is 1. The predicted octanol–water partition coefficient (Wildman–Crippen LogP) is 2.79. The molecule has 1 fully saturated rings. The summed E-state index contributed by atoms with van der Waals surface area (Å²) < 4.78 is 10.5. The molecule has 5 nitrogen and oxygen atoms in total. The van der Waals surface area contributed by atoms with E-state index >= 15 is 0 Å². The summed E-state index contributed by atoms with van der Waals surface area (Å²) in [6, 6.07) is 0.252. The fraction of sp³-hybridized carbons (Fsp3) is 0.786. The number of aromatic nitrogens is 2. The third-order valence-corrected chi connectivity index (χ3v) is 5.62. The van der Waals surface area contributed by atoms with Crippen LogP contribution in [0.15, 0.2) is 4.34 Å². The molecule has 1 aromatic heterocycles. The van der Waals surface area contributed by atoms with Crippen molar-refractivity contribution in [3.8, 4) is 0 Å². The highest BCUT2D eigenvalue weighted by molar-refractivity contribution is 8.01. The van der Waals surface area contributed by atoms with Crippen LogP contribution in [0.1, 0.15) is 45.9 Å². The van der Waals surface area contributed by atoms with Crippen molar-refractivity contribution in [1.82, 2.24) is 14.7 Å². The molecule has 0 saturated heterocycles. The molecule has 1 heterocycles. The standard InChI is InChI=1S/C14H23N3O2S2/c1-5-19-12(18)14(16-9(2)3)7-6-11(8-14)20-13-15-10(4)17-21-13/h9,11,16H,5-8H2,1-4H3. The topological polar surface area (TPSA) is 64.1 Å². The van der Waals surface area contributed by atoms with Gasteiger partial charge in [0.25, 0.3) is 0 Å². The molecular weight excluding hydrogens is 306 g/mol. The first kappa shape index (κ1) is 16.7. The van der Waals surface area contributed by atoms with Gasteiger partial charge < -0.3 is 4.74 Å². The van der Waals surface area contributed by atoms with E-state index < -0.39 is 5.54 Å². The number of esters is 1. The zero-order chi connectivity index (χ0) is 15.5. The number of nitrogens with zero attached hydrogens (tertiary/aromatic N) is 2. The second-order valence-corrected chi connectivity index (χ2v) is 7.99. The predicted molar refractivity (Wildman–Crippen MR) is 85.8 cm³/mol. The third-order valence-electron chi connectivity index (χ3n) is 3.48. The molecule has 2 rings (SSSR count). The van der Waals surface area contributed by atoms with Crippen molar-refractivity contribution in [1.29, 1.82) is 0 Å².